The molecule has 0 amide bonds. The van der Waals surface area contributed by atoms with Gasteiger partial charge in [-0.05, 0) is 0 Å². The van der Waals surface area contributed by atoms with E-state index >= 15 is 0 Å². The van der Waals surface area contributed by atoms with E-state index in [2.05, 4.69) is 64.8 Å². The topological polar surface area (TPSA) is 3.24 Å². The maximum absolute atomic E-state index is 4.17. The van der Waals surface area contributed by atoms with Crippen LogP contribution < -0.4 is 21.2 Å². The molecule has 23 heavy (non-hydrogen) atoms. The first-order valence-corrected chi connectivity index (χ1v) is 12.1. The summed E-state index contributed by atoms with van der Waals surface area (Å²) in [6.45, 7) is 21.9. The van der Waals surface area contributed by atoms with Crippen molar-refractivity contribution in [3.05, 3.63) is 37.1 Å². The molecule has 0 fully saturated rings. The Morgan fingerprint density at radius 2 is 2.04 bits per heavy atom. The van der Waals surface area contributed by atoms with Gasteiger partial charge in [-0.2, -0.15) is 0 Å². The summed E-state index contributed by atoms with van der Waals surface area (Å²) in [4.78, 5) is 2.49. The second kappa shape index (κ2) is 13.1. The van der Waals surface area contributed by atoms with Crippen molar-refractivity contribution in [1.82, 2.24) is 4.90 Å². The molecule has 0 saturated carbocycles. The van der Waals surface area contributed by atoms with E-state index in [4.69, 9.17) is 0 Å². The molecule has 0 aromatic carbocycles. The molecule has 0 aliphatic heterocycles. The molecule has 0 N–H and O–H groups in total. The summed E-state index contributed by atoms with van der Waals surface area (Å²) in [5.74, 6) is 0.871. The monoisotopic (exact) mass is 432 g/mol. The van der Waals surface area contributed by atoms with Crippen molar-refractivity contribution in [2.75, 3.05) is 21.9 Å². The Kier molecular flexibility index (Phi) is 12.9. The minimum absolute atomic E-state index is 0.325. The second-order valence-electron chi connectivity index (χ2n) is 7.13. The number of hydrogen-bond acceptors (Lipinski definition) is 1. The molecule has 0 bridgehead atoms. The van der Waals surface area contributed by atoms with Crippen LogP contribution in [-0.2, 0) is 0 Å². The molecule has 0 spiro atoms. The number of hydrogen-bond donors (Lipinski definition) is 0. The minimum atomic E-state index is 0.325. The van der Waals surface area contributed by atoms with Gasteiger partial charge in [0.2, 0.25) is 0 Å². The third-order valence-corrected chi connectivity index (χ3v) is 7.80. The Morgan fingerprint density at radius 1 is 1.35 bits per heavy atom. The molecule has 2 atom stereocenters. The SMILES string of the molecule is C=CC=CC[I-]C[C@H](C)CC[C@@](C)(CC)CN(CCC)C(=C)C. The molecule has 0 radical (unpaired) electrons. The van der Waals surface area contributed by atoms with Crippen molar-refractivity contribution in [2.24, 2.45) is 11.3 Å². The van der Waals surface area contributed by atoms with E-state index in [1.807, 2.05) is 6.08 Å². The summed E-state index contributed by atoms with van der Waals surface area (Å²) >= 11 is 0.325. The van der Waals surface area contributed by atoms with Crippen LogP contribution in [-0.4, -0.2) is 26.8 Å². The molecule has 136 valence electrons. The van der Waals surface area contributed by atoms with Gasteiger partial charge in [0.1, 0.15) is 0 Å². The molecule has 0 heterocycles. The fourth-order valence-electron chi connectivity index (χ4n) is 2.64. The second-order valence-corrected chi connectivity index (χ2v) is 9.97. The van der Waals surface area contributed by atoms with Gasteiger partial charge in [0.15, 0.2) is 0 Å². The Bertz CT molecular complexity index is 361. The van der Waals surface area contributed by atoms with Gasteiger partial charge in [-0.15, -0.1) is 0 Å². The van der Waals surface area contributed by atoms with Crippen molar-refractivity contribution in [3.8, 4) is 0 Å². The van der Waals surface area contributed by atoms with Gasteiger partial charge in [0.25, 0.3) is 0 Å². The average molecular weight is 432 g/mol. The first-order valence-electron chi connectivity index (χ1n) is 9.10. The Morgan fingerprint density at radius 3 is 2.57 bits per heavy atom. The van der Waals surface area contributed by atoms with E-state index < -0.39 is 0 Å². The van der Waals surface area contributed by atoms with E-state index in [9.17, 15) is 0 Å². The van der Waals surface area contributed by atoms with Crippen molar-refractivity contribution in [2.45, 2.75) is 60.3 Å². The van der Waals surface area contributed by atoms with Crippen molar-refractivity contribution in [1.29, 1.82) is 0 Å². The molecule has 0 aromatic heterocycles. The summed E-state index contributed by atoms with van der Waals surface area (Å²) in [5.41, 5.74) is 1.64. The summed E-state index contributed by atoms with van der Waals surface area (Å²) < 4.78 is 2.74. The number of rotatable bonds is 14. The van der Waals surface area contributed by atoms with Crippen LogP contribution in [0.25, 0.3) is 0 Å². The van der Waals surface area contributed by atoms with Gasteiger partial charge in [-0.3, -0.25) is 0 Å². The quantitative estimate of drug-likeness (QED) is 0.177. The van der Waals surface area contributed by atoms with E-state index in [1.165, 1.54) is 40.2 Å². The zero-order valence-electron chi connectivity index (χ0n) is 16.2. The fraction of sp³-hybridized carbons (Fsp3) is 0.714. The van der Waals surface area contributed by atoms with Gasteiger partial charge in [-0.1, -0.05) is 0 Å². The summed E-state index contributed by atoms with van der Waals surface area (Å²) in [6.07, 6.45) is 11.4. The Balaban J connectivity index is 4.30. The first kappa shape index (κ1) is 22.8. The van der Waals surface area contributed by atoms with E-state index in [1.54, 1.807) is 0 Å². The predicted molar refractivity (Wildman–Crippen MR) is 103 cm³/mol. The summed E-state index contributed by atoms with van der Waals surface area (Å²) in [5, 5.41) is 0. The predicted octanol–water partition coefficient (Wildman–Crippen LogP) is 2.90. The maximum atomic E-state index is 4.17. The number of alkyl halides is 2. The molecule has 0 aromatic rings. The van der Waals surface area contributed by atoms with Crippen molar-refractivity contribution >= 4 is 0 Å². The van der Waals surface area contributed by atoms with Crippen LogP contribution in [0, 0.1) is 11.3 Å². The molecule has 0 unspecified atom stereocenters. The standard InChI is InChI=1S/C21H39IN/c1-8-11-12-15-22-17-20(6)13-14-21(7,10-3)18-23(16-9-2)19(4)5/h8,11-12,20H,1,4,9-10,13-18H2,2-3,5-7H3/q-1/t20-,21-/m1/s1. The van der Waals surface area contributed by atoms with Gasteiger partial charge in [0.05, 0.1) is 0 Å². The van der Waals surface area contributed by atoms with Crippen molar-refractivity contribution in [3.63, 3.8) is 0 Å². The van der Waals surface area contributed by atoms with Crippen LogP contribution in [0.2, 0.25) is 0 Å². The molecule has 0 saturated heterocycles. The molecule has 0 aliphatic rings. The van der Waals surface area contributed by atoms with Crippen LogP contribution in [0.1, 0.15) is 60.3 Å². The van der Waals surface area contributed by atoms with E-state index in [-0.39, 0.29) is 0 Å². The van der Waals surface area contributed by atoms with Crippen LogP contribution in [0.5, 0.6) is 0 Å². The third-order valence-electron chi connectivity index (χ3n) is 4.54. The van der Waals surface area contributed by atoms with Crippen LogP contribution in [0.15, 0.2) is 37.1 Å². The fourth-order valence-corrected chi connectivity index (χ4v) is 5.15. The molecule has 0 rings (SSSR count). The van der Waals surface area contributed by atoms with Gasteiger partial charge >= 0.3 is 157 Å². The normalized spacial score (nSPS) is 15.5. The molecule has 0 aliphatic carbocycles. The van der Waals surface area contributed by atoms with Gasteiger partial charge < -0.3 is 0 Å². The third kappa shape index (κ3) is 11.0. The molecule has 1 nitrogen and oxygen atoms in total. The van der Waals surface area contributed by atoms with Gasteiger partial charge in [0, 0.05) is 0 Å². The Labute approximate surface area is 156 Å². The van der Waals surface area contributed by atoms with Crippen LogP contribution in [0.4, 0.5) is 0 Å². The van der Waals surface area contributed by atoms with E-state index in [0.717, 1.165) is 19.0 Å². The Hall–Kier alpha value is -0.250. The van der Waals surface area contributed by atoms with Crippen LogP contribution in [0.3, 0.4) is 0 Å². The molecule has 2 heteroatoms. The van der Waals surface area contributed by atoms with E-state index in [0.29, 0.717) is 26.6 Å². The summed E-state index contributed by atoms with van der Waals surface area (Å²) in [6, 6.07) is 0. The van der Waals surface area contributed by atoms with Crippen molar-refractivity contribution < 1.29 is 21.2 Å². The first-order chi connectivity index (χ1) is 10.9. The molecular formula is C21H39IN-. The number of nitrogens with zero attached hydrogens (tertiary/aromatic N) is 1. The molecular weight excluding hydrogens is 393 g/mol. The number of halogens is 1. The summed E-state index contributed by atoms with van der Waals surface area (Å²) in [7, 11) is 0. The average Bonchev–Trinajstić information content (AvgIpc) is 2.52. The number of allylic oxidation sites excluding steroid dienone is 4. The van der Waals surface area contributed by atoms with Gasteiger partial charge in [-0.25, -0.2) is 0 Å². The zero-order valence-corrected chi connectivity index (χ0v) is 18.4. The van der Waals surface area contributed by atoms with Crippen LogP contribution >= 0.6 is 0 Å². The zero-order chi connectivity index (χ0) is 17.7.